The third-order valence-corrected chi connectivity index (χ3v) is 2.86. The van der Waals surface area contributed by atoms with Crippen LogP contribution in [-0.4, -0.2) is 48.5 Å². The van der Waals surface area contributed by atoms with Crippen molar-refractivity contribution in [3.05, 3.63) is 0 Å². The quantitative estimate of drug-likeness (QED) is 0.0701. The first kappa shape index (κ1) is 19.2. The van der Waals surface area contributed by atoms with Crippen molar-refractivity contribution in [1.82, 2.24) is 10.7 Å². The highest BCUT2D eigenvalue weighted by molar-refractivity contribution is 6.39. The zero-order valence-electron chi connectivity index (χ0n) is 12.4. The van der Waals surface area contributed by atoms with Gasteiger partial charge in [-0.15, -0.1) is 0 Å². The van der Waals surface area contributed by atoms with E-state index in [2.05, 4.69) is 15.7 Å². The van der Waals surface area contributed by atoms with E-state index >= 15 is 0 Å². The van der Waals surface area contributed by atoms with E-state index in [4.69, 9.17) is 17.3 Å². The Balaban J connectivity index is 4.68. The molecule has 21 heavy (non-hydrogen) atoms. The second kappa shape index (κ2) is 9.97. The molecule has 0 amide bonds. The number of nitrogens with one attached hydrogen (secondary N) is 2. The molecule has 0 heterocycles. The molecule has 1 unspecified atom stereocenters. The Labute approximate surface area is 123 Å². The molecule has 0 aliphatic rings. The maximum atomic E-state index is 12.0. The van der Waals surface area contributed by atoms with Crippen molar-refractivity contribution < 1.29 is 14.4 Å². The van der Waals surface area contributed by atoms with Crippen LogP contribution < -0.4 is 28.1 Å². The summed E-state index contributed by atoms with van der Waals surface area (Å²) >= 11 is 0. The molecule has 0 bridgehead atoms. The number of nitrogens with two attached hydrogens (primary N) is 3. The van der Waals surface area contributed by atoms with E-state index in [1.54, 1.807) is 6.92 Å². The number of carbonyl (C=O) groups excluding carboxylic acids is 3. The molecule has 0 radical (unpaired) electrons. The lowest BCUT2D eigenvalue weighted by molar-refractivity contribution is -0.137. The average molecular weight is 300 g/mol. The molecule has 0 aliphatic heterocycles. The Morgan fingerprint density at radius 1 is 1.24 bits per heavy atom. The Morgan fingerprint density at radius 2 is 1.86 bits per heavy atom. The summed E-state index contributed by atoms with van der Waals surface area (Å²) in [6.07, 6.45) is 0.832. The van der Waals surface area contributed by atoms with Crippen LogP contribution in [0.25, 0.3) is 0 Å². The molecule has 2 atom stereocenters. The number of Topliss-reactive ketones (excluding diaryl/α,β-unsaturated/α-hetero) is 3. The third kappa shape index (κ3) is 8.12. The Hall–Kier alpha value is -1.84. The van der Waals surface area contributed by atoms with Crippen molar-refractivity contribution in [2.24, 2.45) is 22.3 Å². The number of hydrogen-bond acceptors (Lipinski definition) is 7. The maximum absolute atomic E-state index is 12.0. The van der Waals surface area contributed by atoms with E-state index in [0.29, 0.717) is 19.4 Å². The third-order valence-electron chi connectivity index (χ3n) is 2.86. The molecule has 0 fully saturated rings. The number of aliphatic imine (C=N–C) groups is 1. The summed E-state index contributed by atoms with van der Waals surface area (Å²) in [6, 6.07) is -1.29. The molecule has 0 aromatic carbocycles. The zero-order valence-corrected chi connectivity index (χ0v) is 12.4. The van der Waals surface area contributed by atoms with E-state index in [0.717, 1.165) is 0 Å². The van der Waals surface area contributed by atoms with Crippen LogP contribution in [0.5, 0.6) is 0 Å². The second-order valence-electron chi connectivity index (χ2n) is 4.67. The van der Waals surface area contributed by atoms with Gasteiger partial charge in [-0.2, -0.15) is 0 Å². The first-order valence-corrected chi connectivity index (χ1v) is 6.62. The fraction of sp³-hybridized carbons (Fsp3) is 0.667. The van der Waals surface area contributed by atoms with Gasteiger partial charge >= 0.3 is 0 Å². The minimum Gasteiger partial charge on any atom is -0.370 e. The fourth-order valence-electron chi connectivity index (χ4n) is 1.59. The minimum atomic E-state index is -0.765. The molecule has 0 rings (SSSR count). The van der Waals surface area contributed by atoms with E-state index in [1.807, 2.05) is 0 Å². The van der Waals surface area contributed by atoms with Gasteiger partial charge in [-0.25, -0.2) is 0 Å². The number of ketones is 3. The van der Waals surface area contributed by atoms with Gasteiger partial charge in [0.05, 0.1) is 18.6 Å². The molecule has 0 spiro atoms. The van der Waals surface area contributed by atoms with Crippen molar-refractivity contribution >= 4 is 23.3 Å². The molecule has 8 N–H and O–H groups in total. The summed E-state index contributed by atoms with van der Waals surface area (Å²) in [7, 11) is 0. The van der Waals surface area contributed by atoms with Crippen LogP contribution in [0.15, 0.2) is 4.99 Å². The van der Waals surface area contributed by atoms with Crippen LogP contribution in [0.3, 0.4) is 0 Å². The van der Waals surface area contributed by atoms with Crippen LogP contribution >= 0.6 is 0 Å². The number of hydrazine groups is 1. The summed E-state index contributed by atoms with van der Waals surface area (Å²) < 4.78 is 0. The molecule has 0 aromatic heterocycles. The number of nitrogens with zero attached hydrogens (tertiary/aromatic N) is 1. The van der Waals surface area contributed by atoms with E-state index in [1.165, 1.54) is 6.92 Å². The summed E-state index contributed by atoms with van der Waals surface area (Å²) in [4.78, 5) is 38.7. The lowest BCUT2D eigenvalue weighted by Gasteiger charge is -2.20. The van der Waals surface area contributed by atoms with Crippen LogP contribution in [0, 0.1) is 0 Å². The lowest BCUT2D eigenvalue weighted by Crippen LogP contribution is -2.49. The van der Waals surface area contributed by atoms with Gasteiger partial charge in [0.1, 0.15) is 5.78 Å². The molecular formula is C12H24N6O3. The topological polar surface area (TPSA) is 166 Å². The van der Waals surface area contributed by atoms with Crippen molar-refractivity contribution in [2.75, 3.05) is 13.1 Å². The highest BCUT2D eigenvalue weighted by Crippen LogP contribution is 2.03. The molecular weight excluding hydrogens is 276 g/mol. The van der Waals surface area contributed by atoms with Gasteiger partial charge in [0.25, 0.3) is 0 Å². The summed E-state index contributed by atoms with van der Waals surface area (Å²) in [5, 5.41) is 2.84. The van der Waals surface area contributed by atoms with Crippen molar-refractivity contribution in [3.8, 4) is 0 Å². The first-order chi connectivity index (χ1) is 9.79. The summed E-state index contributed by atoms with van der Waals surface area (Å²) in [5.74, 6) is 3.60. The van der Waals surface area contributed by atoms with Crippen LogP contribution in [0.1, 0.15) is 26.7 Å². The van der Waals surface area contributed by atoms with Gasteiger partial charge in [0, 0.05) is 6.54 Å². The first-order valence-electron chi connectivity index (χ1n) is 6.62. The maximum Gasteiger partial charge on any atom is 0.216 e. The van der Waals surface area contributed by atoms with E-state index in [-0.39, 0.29) is 18.3 Å². The molecule has 0 aromatic rings. The minimum absolute atomic E-state index is 0.0358. The Morgan fingerprint density at radius 3 is 2.33 bits per heavy atom. The van der Waals surface area contributed by atoms with E-state index < -0.39 is 23.7 Å². The summed E-state index contributed by atoms with van der Waals surface area (Å²) in [5.41, 5.74) is 12.5. The molecule has 120 valence electrons. The zero-order chi connectivity index (χ0) is 16.4. The smallest absolute Gasteiger partial charge is 0.216 e. The summed E-state index contributed by atoms with van der Waals surface area (Å²) in [6.45, 7) is 3.12. The van der Waals surface area contributed by atoms with Crippen molar-refractivity contribution in [2.45, 2.75) is 38.8 Å². The number of guanidine groups is 1. The van der Waals surface area contributed by atoms with Gasteiger partial charge in [0.15, 0.2) is 5.96 Å². The van der Waals surface area contributed by atoms with Crippen LogP contribution in [0.2, 0.25) is 0 Å². The number of hydrogen-bond donors (Lipinski definition) is 5. The molecule has 9 heteroatoms. The fourth-order valence-corrected chi connectivity index (χ4v) is 1.59. The van der Waals surface area contributed by atoms with Gasteiger partial charge in [0.2, 0.25) is 11.6 Å². The van der Waals surface area contributed by atoms with Gasteiger partial charge in [-0.1, -0.05) is 0 Å². The average Bonchev–Trinajstić information content (AvgIpc) is 2.40. The molecule has 0 aliphatic carbocycles. The van der Waals surface area contributed by atoms with Crippen molar-refractivity contribution in [3.63, 3.8) is 0 Å². The van der Waals surface area contributed by atoms with E-state index in [9.17, 15) is 14.4 Å². The van der Waals surface area contributed by atoms with Crippen LogP contribution in [-0.2, 0) is 14.4 Å². The van der Waals surface area contributed by atoms with Gasteiger partial charge in [-0.05, 0) is 26.7 Å². The highest BCUT2D eigenvalue weighted by Gasteiger charge is 2.26. The Bertz CT molecular complexity index is 406. The SMILES string of the molecule is CC(=O)C(C)N[C@@H](CCCN=C(N)N)C(=O)C(=O)CNN. The normalized spacial score (nSPS) is 13.3. The van der Waals surface area contributed by atoms with Crippen LogP contribution in [0.4, 0.5) is 0 Å². The molecule has 0 saturated carbocycles. The molecule has 9 nitrogen and oxygen atoms in total. The monoisotopic (exact) mass is 300 g/mol. The Kier molecular flexibility index (Phi) is 9.10. The predicted molar refractivity (Wildman–Crippen MR) is 79.2 cm³/mol. The van der Waals surface area contributed by atoms with Gasteiger partial charge < -0.3 is 11.5 Å². The van der Waals surface area contributed by atoms with Crippen molar-refractivity contribution in [1.29, 1.82) is 0 Å². The largest absolute Gasteiger partial charge is 0.370 e. The molecule has 0 saturated heterocycles. The number of carbonyl (C=O) groups is 3. The number of rotatable bonds is 11. The lowest BCUT2D eigenvalue weighted by atomic mass is 10.0. The second-order valence-corrected chi connectivity index (χ2v) is 4.67. The predicted octanol–water partition coefficient (Wildman–Crippen LogP) is -2.42. The van der Waals surface area contributed by atoms with Gasteiger partial charge in [-0.3, -0.25) is 36.0 Å². The standard InChI is InChI=1S/C12H24N6O3/c1-7(8(2)19)18-9(4-3-5-16-12(13)14)11(21)10(20)6-17-15/h7,9,17-18H,3-6,15H2,1-2H3,(H4,13,14,16)/t7?,9-/m0/s1. The highest BCUT2D eigenvalue weighted by atomic mass is 16.2.